The number of H-pyrrole nitrogens is 1. The van der Waals surface area contributed by atoms with Gasteiger partial charge in [0.15, 0.2) is 6.10 Å². The van der Waals surface area contributed by atoms with Gasteiger partial charge in [0.2, 0.25) is 5.78 Å². The summed E-state index contributed by atoms with van der Waals surface area (Å²) in [6, 6.07) is 4.83. The lowest BCUT2D eigenvalue weighted by Crippen LogP contribution is -2.25. The van der Waals surface area contributed by atoms with Crippen molar-refractivity contribution in [3.63, 3.8) is 0 Å². The van der Waals surface area contributed by atoms with Crippen LogP contribution in [0, 0.1) is 0 Å². The van der Waals surface area contributed by atoms with Gasteiger partial charge in [-0.05, 0) is 30.3 Å². The fourth-order valence-corrected chi connectivity index (χ4v) is 3.60. The summed E-state index contributed by atoms with van der Waals surface area (Å²) in [6.07, 6.45) is -4.36. The predicted molar refractivity (Wildman–Crippen MR) is 111 cm³/mol. The maximum absolute atomic E-state index is 13.4. The Labute approximate surface area is 179 Å². The number of hydrogen-bond donors (Lipinski definition) is 1. The molecule has 1 aromatic heterocycles. The van der Waals surface area contributed by atoms with Crippen LogP contribution in [-0.4, -0.2) is 45.6 Å². The second-order valence-corrected chi connectivity index (χ2v) is 13.8. The number of carbonyl (C=O) groups is 2. The SMILES string of the molecule is COC(=O)c1cc[nH]c1C(OCC[Si](C)(C)C)C(=O)c1ccc(C(F)(F)F)cc1OC. The van der Waals surface area contributed by atoms with Crippen LogP contribution in [0.25, 0.3) is 0 Å². The quantitative estimate of drug-likeness (QED) is 0.322. The highest BCUT2D eigenvalue weighted by molar-refractivity contribution is 6.76. The van der Waals surface area contributed by atoms with E-state index in [-0.39, 0.29) is 29.2 Å². The number of halogens is 3. The van der Waals surface area contributed by atoms with E-state index in [1.165, 1.54) is 26.5 Å². The first-order valence-electron chi connectivity index (χ1n) is 9.55. The molecule has 0 aliphatic rings. The smallest absolute Gasteiger partial charge is 0.416 e. The fraction of sp³-hybridized carbons (Fsp3) is 0.429. The maximum atomic E-state index is 13.4. The van der Waals surface area contributed by atoms with Crippen molar-refractivity contribution in [1.82, 2.24) is 4.98 Å². The first-order valence-corrected chi connectivity index (χ1v) is 13.3. The van der Waals surface area contributed by atoms with Crippen LogP contribution in [0.2, 0.25) is 25.7 Å². The second-order valence-electron chi connectivity index (χ2n) is 8.14. The first-order chi connectivity index (χ1) is 14.4. The molecule has 1 N–H and O–H groups in total. The van der Waals surface area contributed by atoms with Crippen molar-refractivity contribution in [2.24, 2.45) is 0 Å². The number of aromatic nitrogens is 1. The summed E-state index contributed by atoms with van der Waals surface area (Å²) in [6.45, 7) is 6.66. The summed E-state index contributed by atoms with van der Waals surface area (Å²) in [5.41, 5.74) is -0.736. The van der Waals surface area contributed by atoms with Crippen molar-refractivity contribution in [3.8, 4) is 5.75 Å². The Kier molecular flexibility index (Phi) is 7.71. The Morgan fingerprint density at radius 3 is 2.32 bits per heavy atom. The van der Waals surface area contributed by atoms with Crippen molar-refractivity contribution < 1.29 is 37.0 Å². The Bertz CT molecular complexity index is 934. The normalized spacial score (nSPS) is 13.0. The highest BCUT2D eigenvalue weighted by Gasteiger charge is 2.34. The van der Waals surface area contributed by atoms with Gasteiger partial charge < -0.3 is 19.2 Å². The number of hydrogen-bond acceptors (Lipinski definition) is 5. The van der Waals surface area contributed by atoms with E-state index >= 15 is 0 Å². The summed E-state index contributed by atoms with van der Waals surface area (Å²) >= 11 is 0. The van der Waals surface area contributed by atoms with E-state index in [9.17, 15) is 22.8 Å². The molecule has 1 aromatic carbocycles. The van der Waals surface area contributed by atoms with Crippen LogP contribution in [0.3, 0.4) is 0 Å². The van der Waals surface area contributed by atoms with Crippen LogP contribution < -0.4 is 4.74 Å². The van der Waals surface area contributed by atoms with Crippen LogP contribution in [-0.2, 0) is 15.7 Å². The summed E-state index contributed by atoms with van der Waals surface area (Å²) in [5.74, 6) is -1.53. The molecule has 0 saturated carbocycles. The van der Waals surface area contributed by atoms with Gasteiger partial charge in [-0.15, -0.1) is 0 Å². The lowest BCUT2D eigenvalue weighted by molar-refractivity contribution is -0.137. The number of esters is 1. The standard InChI is InChI=1S/C21H26F3NO5Si/c1-28-16-12-13(21(22,23)24)6-7-14(16)18(26)19(30-10-11-31(3,4)5)17-15(8-9-25-17)20(27)29-2/h6-9,12,19,25H,10-11H2,1-5H3. The van der Waals surface area contributed by atoms with Crippen LogP contribution in [0.1, 0.15) is 38.1 Å². The molecular weight excluding hydrogens is 431 g/mol. The average Bonchev–Trinajstić information content (AvgIpc) is 3.17. The van der Waals surface area contributed by atoms with Crippen molar-refractivity contribution in [3.05, 3.63) is 52.8 Å². The number of aromatic amines is 1. The number of ether oxygens (including phenoxy) is 3. The number of Topliss-reactive ketones (excluding diaryl/α,β-unsaturated/α-hetero) is 1. The van der Waals surface area contributed by atoms with Gasteiger partial charge in [0.1, 0.15) is 5.75 Å². The molecule has 0 fully saturated rings. The average molecular weight is 458 g/mol. The summed E-state index contributed by atoms with van der Waals surface area (Å²) in [4.78, 5) is 28.3. The summed E-state index contributed by atoms with van der Waals surface area (Å²) in [5, 5.41) is 0. The zero-order valence-corrected chi connectivity index (χ0v) is 19.1. The van der Waals surface area contributed by atoms with Gasteiger partial charge in [-0.1, -0.05) is 19.6 Å². The van der Waals surface area contributed by atoms with Crippen molar-refractivity contribution in [2.45, 2.75) is 38.0 Å². The van der Waals surface area contributed by atoms with Gasteiger partial charge in [0, 0.05) is 20.9 Å². The third-order valence-electron chi connectivity index (χ3n) is 4.62. The van der Waals surface area contributed by atoms with E-state index < -0.39 is 37.7 Å². The number of alkyl halides is 3. The molecule has 0 aliphatic heterocycles. The minimum Gasteiger partial charge on any atom is -0.496 e. The molecule has 2 aromatic rings. The van der Waals surface area contributed by atoms with Gasteiger partial charge in [0.05, 0.1) is 36.6 Å². The molecule has 0 radical (unpaired) electrons. The third-order valence-corrected chi connectivity index (χ3v) is 6.32. The third kappa shape index (κ3) is 6.20. The van der Waals surface area contributed by atoms with E-state index in [1.54, 1.807) is 0 Å². The number of benzene rings is 1. The minimum absolute atomic E-state index is 0.0843. The highest BCUT2D eigenvalue weighted by atomic mass is 28.3. The zero-order chi connectivity index (χ0) is 23.4. The molecule has 0 saturated heterocycles. The second kappa shape index (κ2) is 9.69. The van der Waals surface area contributed by atoms with E-state index in [0.29, 0.717) is 0 Å². The molecule has 1 unspecified atom stereocenters. The molecule has 31 heavy (non-hydrogen) atoms. The molecule has 1 atom stereocenters. The molecule has 10 heteroatoms. The van der Waals surface area contributed by atoms with E-state index in [4.69, 9.17) is 14.2 Å². The Hall–Kier alpha value is -2.59. The van der Waals surface area contributed by atoms with E-state index in [1.807, 2.05) is 0 Å². The number of ketones is 1. The van der Waals surface area contributed by atoms with E-state index in [2.05, 4.69) is 24.6 Å². The zero-order valence-electron chi connectivity index (χ0n) is 18.1. The largest absolute Gasteiger partial charge is 0.496 e. The van der Waals surface area contributed by atoms with Gasteiger partial charge in [-0.2, -0.15) is 13.2 Å². The number of methoxy groups -OCH3 is 2. The lowest BCUT2D eigenvalue weighted by atomic mass is 9.99. The molecule has 0 amide bonds. The van der Waals surface area contributed by atoms with Crippen LogP contribution in [0.5, 0.6) is 5.75 Å². The van der Waals surface area contributed by atoms with Crippen molar-refractivity contribution in [2.75, 3.05) is 20.8 Å². The van der Waals surface area contributed by atoms with Gasteiger partial charge in [-0.25, -0.2) is 4.79 Å². The Morgan fingerprint density at radius 1 is 1.10 bits per heavy atom. The van der Waals surface area contributed by atoms with Gasteiger partial charge in [-0.3, -0.25) is 4.79 Å². The summed E-state index contributed by atoms with van der Waals surface area (Å²) in [7, 11) is 0.892. The number of carbonyl (C=O) groups excluding carboxylic acids is 2. The van der Waals surface area contributed by atoms with Crippen molar-refractivity contribution in [1.29, 1.82) is 0 Å². The Balaban J connectivity index is 2.48. The maximum Gasteiger partial charge on any atom is 0.416 e. The molecule has 1 heterocycles. The molecular formula is C21H26F3NO5Si. The monoisotopic (exact) mass is 457 g/mol. The number of rotatable bonds is 9. The highest BCUT2D eigenvalue weighted by Crippen LogP contribution is 2.35. The molecule has 0 aliphatic carbocycles. The fourth-order valence-electron chi connectivity index (χ4n) is 2.87. The van der Waals surface area contributed by atoms with Crippen LogP contribution in [0.15, 0.2) is 30.5 Å². The Morgan fingerprint density at radius 2 is 1.77 bits per heavy atom. The predicted octanol–water partition coefficient (Wildman–Crippen LogP) is 5.11. The van der Waals surface area contributed by atoms with Crippen LogP contribution >= 0.6 is 0 Å². The molecule has 170 valence electrons. The lowest BCUT2D eigenvalue weighted by Gasteiger charge is -2.22. The topological polar surface area (TPSA) is 77.6 Å². The van der Waals surface area contributed by atoms with Crippen LogP contribution in [0.4, 0.5) is 13.2 Å². The first kappa shape index (κ1) is 24.7. The molecule has 0 bridgehead atoms. The molecule has 2 rings (SSSR count). The van der Waals surface area contributed by atoms with Crippen molar-refractivity contribution >= 4 is 19.8 Å². The molecule has 6 nitrogen and oxygen atoms in total. The summed E-state index contributed by atoms with van der Waals surface area (Å²) < 4.78 is 54.9. The van der Waals surface area contributed by atoms with Gasteiger partial charge >= 0.3 is 12.1 Å². The van der Waals surface area contributed by atoms with Gasteiger partial charge in [0.25, 0.3) is 0 Å². The minimum atomic E-state index is -4.58. The van der Waals surface area contributed by atoms with E-state index in [0.717, 1.165) is 24.2 Å². The molecule has 0 spiro atoms. The number of nitrogens with one attached hydrogen (secondary N) is 1.